The smallest absolute Gasteiger partial charge is 0.387 e. The Morgan fingerprint density at radius 1 is 1.17 bits per heavy atom. The van der Waals surface area contributed by atoms with Gasteiger partial charge < -0.3 is 9.72 Å². The number of aromatic nitrogens is 2. The molecule has 0 aliphatic rings. The minimum atomic E-state index is -2.88. The largest absolute Gasteiger partial charge is 0.434 e. The van der Waals surface area contributed by atoms with Gasteiger partial charge in [0.05, 0.1) is 16.7 Å². The molecule has 0 aliphatic carbocycles. The maximum absolute atomic E-state index is 12.4. The van der Waals surface area contributed by atoms with E-state index in [0.717, 1.165) is 11.0 Å². The van der Waals surface area contributed by atoms with E-state index >= 15 is 0 Å². The quantitative estimate of drug-likeness (QED) is 0.552. The van der Waals surface area contributed by atoms with Gasteiger partial charge in [-0.3, -0.25) is 0 Å². The predicted octanol–water partition coefficient (Wildman–Crippen LogP) is 4.00. The third-order valence-corrected chi connectivity index (χ3v) is 3.21. The monoisotopic (exact) mass is 316 g/mol. The first kappa shape index (κ1) is 15.0. The van der Waals surface area contributed by atoms with E-state index in [-0.39, 0.29) is 5.75 Å². The van der Waals surface area contributed by atoms with Crippen molar-refractivity contribution in [3.8, 4) is 5.75 Å². The van der Waals surface area contributed by atoms with Crippen molar-refractivity contribution in [2.75, 3.05) is 5.43 Å². The number of para-hydroxylation sites is 3. The zero-order valence-corrected chi connectivity index (χ0v) is 12.3. The van der Waals surface area contributed by atoms with Gasteiger partial charge in [-0.2, -0.15) is 13.9 Å². The lowest BCUT2D eigenvalue weighted by atomic mass is 10.1. The molecule has 0 aliphatic heterocycles. The van der Waals surface area contributed by atoms with E-state index in [1.807, 2.05) is 24.3 Å². The van der Waals surface area contributed by atoms with Gasteiger partial charge in [0, 0.05) is 5.56 Å². The highest BCUT2D eigenvalue weighted by Gasteiger charge is 2.11. The lowest BCUT2D eigenvalue weighted by Crippen LogP contribution is -2.08. The van der Waals surface area contributed by atoms with E-state index in [1.165, 1.54) is 6.07 Å². The van der Waals surface area contributed by atoms with E-state index in [4.69, 9.17) is 0 Å². The van der Waals surface area contributed by atoms with E-state index in [1.54, 1.807) is 25.1 Å². The number of alkyl halides is 2. The number of rotatable bonds is 5. The van der Waals surface area contributed by atoms with Crippen LogP contribution in [0, 0.1) is 0 Å². The highest BCUT2D eigenvalue weighted by atomic mass is 19.3. The molecule has 3 rings (SSSR count). The zero-order valence-electron chi connectivity index (χ0n) is 12.3. The molecule has 0 amide bonds. The second-order valence-corrected chi connectivity index (χ2v) is 4.79. The average Bonchev–Trinajstić information content (AvgIpc) is 2.95. The van der Waals surface area contributed by atoms with Crippen molar-refractivity contribution in [3.05, 3.63) is 54.1 Å². The summed E-state index contributed by atoms with van der Waals surface area (Å²) in [7, 11) is 0. The number of halogens is 2. The summed E-state index contributed by atoms with van der Waals surface area (Å²) in [5.41, 5.74) is 5.46. The molecular formula is C16H14F2N4O. The van der Waals surface area contributed by atoms with Crippen LogP contribution in [0.1, 0.15) is 12.5 Å². The molecule has 0 bridgehead atoms. The number of nitrogens with zero attached hydrogens (tertiary/aromatic N) is 2. The van der Waals surface area contributed by atoms with Gasteiger partial charge in [-0.25, -0.2) is 10.4 Å². The number of hydrogen-bond donors (Lipinski definition) is 2. The number of aromatic amines is 1. The molecule has 0 atom stereocenters. The molecule has 0 unspecified atom stereocenters. The second kappa shape index (κ2) is 6.43. The highest BCUT2D eigenvalue weighted by molar-refractivity contribution is 6.01. The lowest BCUT2D eigenvalue weighted by Gasteiger charge is -2.10. The number of anilines is 1. The molecule has 23 heavy (non-hydrogen) atoms. The van der Waals surface area contributed by atoms with E-state index in [9.17, 15) is 8.78 Å². The summed E-state index contributed by atoms with van der Waals surface area (Å²) in [5.74, 6) is 0.549. The van der Waals surface area contributed by atoms with Crippen molar-refractivity contribution >= 4 is 22.7 Å². The normalized spacial score (nSPS) is 11.9. The van der Waals surface area contributed by atoms with Crippen LogP contribution in [-0.4, -0.2) is 22.3 Å². The molecular weight excluding hydrogens is 302 g/mol. The third kappa shape index (κ3) is 3.45. The highest BCUT2D eigenvalue weighted by Crippen LogP contribution is 2.21. The fourth-order valence-electron chi connectivity index (χ4n) is 2.17. The molecule has 0 spiro atoms. The Bertz CT molecular complexity index is 812. The Morgan fingerprint density at radius 3 is 2.70 bits per heavy atom. The first-order valence-electron chi connectivity index (χ1n) is 6.93. The molecule has 0 saturated carbocycles. The molecule has 7 heteroatoms. The first-order valence-corrected chi connectivity index (χ1v) is 6.93. The number of fused-ring (bicyclic) bond motifs is 1. The van der Waals surface area contributed by atoms with Gasteiger partial charge in [0.2, 0.25) is 5.95 Å². The third-order valence-electron chi connectivity index (χ3n) is 3.21. The first-order chi connectivity index (χ1) is 11.1. The lowest BCUT2D eigenvalue weighted by molar-refractivity contribution is -0.0499. The second-order valence-electron chi connectivity index (χ2n) is 4.79. The molecule has 2 N–H and O–H groups in total. The number of imidazole rings is 1. The Hall–Kier alpha value is -2.96. The standard InChI is InChI=1S/C16H14F2N4O/c1-10(11-6-2-5-9-14(11)23-15(17)18)21-22-16-19-12-7-3-4-8-13(12)20-16/h2-9,15H,1H3,(H2,19,20,22)/b21-10-. The van der Waals surface area contributed by atoms with Crippen LogP contribution >= 0.6 is 0 Å². The summed E-state index contributed by atoms with van der Waals surface area (Å²) in [5, 5.41) is 4.18. The van der Waals surface area contributed by atoms with Gasteiger partial charge in [0.25, 0.3) is 0 Å². The Kier molecular flexibility index (Phi) is 4.18. The van der Waals surface area contributed by atoms with Crippen LogP contribution in [0.25, 0.3) is 11.0 Å². The van der Waals surface area contributed by atoms with Crippen molar-refractivity contribution in [2.45, 2.75) is 13.5 Å². The minimum Gasteiger partial charge on any atom is -0.434 e. The van der Waals surface area contributed by atoms with Crippen LogP contribution in [0.15, 0.2) is 53.6 Å². The van der Waals surface area contributed by atoms with Gasteiger partial charge >= 0.3 is 6.61 Å². The fourth-order valence-corrected chi connectivity index (χ4v) is 2.17. The van der Waals surface area contributed by atoms with Crippen molar-refractivity contribution in [1.82, 2.24) is 9.97 Å². The maximum atomic E-state index is 12.4. The summed E-state index contributed by atoms with van der Waals surface area (Å²) < 4.78 is 29.4. The van der Waals surface area contributed by atoms with Gasteiger partial charge in [0.1, 0.15) is 5.75 Å². The SMILES string of the molecule is C/C(=N/Nc1nc2ccccc2[nH]1)c1ccccc1OC(F)F. The van der Waals surface area contributed by atoms with Gasteiger partial charge in [-0.15, -0.1) is 0 Å². The fraction of sp³-hybridized carbons (Fsp3) is 0.125. The van der Waals surface area contributed by atoms with Crippen LogP contribution < -0.4 is 10.2 Å². The van der Waals surface area contributed by atoms with E-state index < -0.39 is 6.61 Å². The molecule has 118 valence electrons. The summed E-state index contributed by atoms with van der Waals surface area (Å²) in [4.78, 5) is 7.39. The van der Waals surface area contributed by atoms with Crippen molar-refractivity contribution < 1.29 is 13.5 Å². The number of hydrazone groups is 1. The van der Waals surface area contributed by atoms with Crippen molar-refractivity contribution in [2.24, 2.45) is 5.10 Å². The molecule has 3 aromatic rings. The molecule has 0 saturated heterocycles. The summed E-state index contributed by atoms with van der Waals surface area (Å²) in [6.45, 7) is -1.18. The van der Waals surface area contributed by atoms with Crippen molar-refractivity contribution in [3.63, 3.8) is 0 Å². The van der Waals surface area contributed by atoms with Gasteiger partial charge in [0.15, 0.2) is 0 Å². The zero-order chi connectivity index (χ0) is 16.2. The minimum absolute atomic E-state index is 0.0788. The van der Waals surface area contributed by atoms with E-state index in [0.29, 0.717) is 17.2 Å². The summed E-state index contributed by atoms with van der Waals surface area (Å²) >= 11 is 0. The predicted molar refractivity (Wildman–Crippen MR) is 85.0 cm³/mol. The number of hydrogen-bond acceptors (Lipinski definition) is 4. The molecule has 2 aromatic carbocycles. The van der Waals surface area contributed by atoms with E-state index in [2.05, 4.69) is 25.2 Å². The maximum Gasteiger partial charge on any atom is 0.387 e. The van der Waals surface area contributed by atoms with Crippen LogP contribution in [0.5, 0.6) is 5.75 Å². The molecule has 5 nitrogen and oxygen atoms in total. The Balaban J connectivity index is 1.82. The topological polar surface area (TPSA) is 62.3 Å². The van der Waals surface area contributed by atoms with Crippen LogP contribution in [0.4, 0.5) is 14.7 Å². The summed E-state index contributed by atoms with van der Waals surface area (Å²) in [6, 6.07) is 14.1. The van der Waals surface area contributed by atoms with Crippen LogP contribution in [-0.2, 0) is 0 Å². The van der Waals surface area contributed by atoms with Crippen LogP contribution in [0.3, 0.4) is 0 Å². The number of benzene rings is 2. The molecule has 1 heterocycles. The average molecular weight is 316 g/mol. The Morgan fingerprint density at radius 2 is 1.91 bits per heavy atom. The van der Waals surface area contributed by atoms with Crippen LogP contribution in [0.2, 0.25) is 0 Å². The van der Waals surface area contributed by atoms with Crippen molar-refractivity contribution in [1.29, 1.82) is 0 Å². The Labute approximate surface area is 131 Å². The van der Waals surface area contributed by atoms with Gasteiger partial charge in [-0.05, 0) is 31.2 Å². The molecule has 0 radical (unpaired) electrons. The molecule has 0 fully saturated rings. The van der Waals surface area contributed by atoms with Gasteiger partial charge in [-0.1, -0.05) is 24.3 Å². The summed E-state index contributed by atoms with van der Waals surface area (Å²) in [6.07, 6.45) is 0. The molecule has 1 aromatic heterocycles. The number of nitrogens with one attached hydrogen (secondary N) is 2. The number of H-pyrrole nitrogens is 1. The number of ether oxygens (including phenoxy) is 1.